The Morgan fingerprint density at radius 3 is 2.29 bits per heavy atom. The first-order valence-corrected chi connectivity index (χ1v) is 9.58. The summed E-state index contributed by atoms with van der Waals surface area (Å²) in [6.45, 7) is 5.89. The summed E-state index contributed by atoms with van der Waals surface area (Å²) < 4.78 is 0. The highest BCUT2D eigenvalue weighted by atomic mass is 16.3. The molecule has 0 saturated carbocycles. The number of hydrogen-bond acceptors (Lipinski definition) is 4. The Morgan fingerprint density at radius 1 is 1.07 bits per heavy atom. The SMILES string of the molecule is CC(Cc1ccc(O)cc1)NC(=O)N1CCN(Cc2ccc(C#N)cc2)CC1. The lowest BCUT2D eigenvalue weighted by molar-refractivity contribution is 0.133. The molecule has 0 radical (unpaired) electrons. The van der Waals surface area contributed by atoms with Gasteiger partial charge in [-0.25, -0.2) is 4.79 Å². The summed E-state index contributed by atoms with van der Waals surface area (Å²) in [7, 11) is 0. The van der Waals surface area contributed by atoms with Gasteiger partial charge in [-0.3, -0.25) is 4.90 Å². The maximum absolute atomic E-state index is 12.5. The molecule has 0 aliphatic carbocycles. The summed E-state index contributed by atoms with van der Waals surface area (Å²) in [5, 5.41) is 21.3. The molecule has 0 aromatic heterocycles. The molecule has 2 aromatic rings. The van der Waals surface area contributed by atoms with E-state index in [2.05, 4.69) is 16.3 Å². The van der Waals surface area contributed by atoms with Crippen molar-refractivity contribution in [3.8, 4) is 11.8 Å². The zero-order chi connectivity index (χ0) is 19.9. The average Bonchev–Trinajstić information content (AvgIpc) is 2.71. The quantitative estimate of drug-likeness (QED) is 0.838. The third-order valence-electron chi connectivity index (χ3n) is 5.00. The highest BCUT2D eigenvalue weighted by molar-refractivity contribution is 5.74. The molecule has 6 nitrogen and oxygen atoms in total. The van der Waals surface area contributed by atoms with E-state index in [1.54, 1.807) is 12.1 Å². The lowest BCUT2D eigenvalue weighted by Crippen LogP contribution is -2.53. The summed E-state index contributed by atoms with van der Waals surface area (Å²) in [6, 6.07) is 16.9. The minimum atomic E-state index is -0.0238. The number of amides is 2. The first-order chi connectivity index (χ1) is 13.5. The van der Waals surface area contributed by atoms with E-state index in [0.29, 0.717) is 18.7 Å². The lowest BCUT2D eigenvalue weighted by atomic mass is 10.1. The van der Waals surface area contributed by atoms with E-state index in [4.69, 9.17) is 5.26 Å². The smallest absolute Gasteiger partial charge is 0.317 e. The highest BCUT2D eigenvalue weighted by Crippen LogP contribution is 2.12. The Labute approximate surface area is 166 Å². The van der Waals surface area contributed by atoms with E-state index < -0.39 is 0 Å². The molecule has 28 heavy (non-hydrogen) atoms. The molecule has 3 rings (SSSR count). The van der Waals surface area contributed by atoms with Crippen molar-refractivity contribution in [1.82, 2.24) is 15.1 Å². The number of nitrogens with one attached hydrogen (secondary N) is 1. The average molecular weight is 378 g/mol. The van der Waals surface area contributed by atoms with Gasteiger partial charge in [0, 0.05) is 38.8 Å². The van der Waals surface area contributed by atoms with Gasteiger partial charge in [0.1, 0.15) is 5.75 Å². The van der Waals surface area contributed by atoms with Gasteiger partial charge in [-0.05, 0) is 48.7 Å². The van der Waals surface area contributed by atoms with E-state index in [1.807, 2.05) is 48.2 Å². The second kappa shape index (κ2) is 9.25. The van der Waals surface area contributed by atoms with Crippen molar-refractivity contribution in [3.63, 3.8) is 0 Å². The molecule has 1 heterocycles. The number of carbonyl (C=O) groups is 1. The molecular formula is C22H26N4O2. The predicted molar refractivity (Wildman–Crippen MR) is 108 cm³/mol. The van der Waals surface area contributed by atoms with Crippen LogP contribution in [0.15, 0.2) is 48.5 Å². The summed E-state index contributed by atoms with van der Waals surface area (Å²) >= 11 is 0. The Bertz CT molecular complexity index is 819. The first-order valence-electron chi connectivity index (χ1n) is 9.58. The van der Waals surface area contributed by atoms with Crippen LogP contribution in [0, 0.1) is 11.3 Å². The molecular weight excluding hydrogens is 352 g/mol. The molecule has 2 aromatic carbocycles. The number of piperazine rings is 1. The fourth-order valence-corrected chi connectivity index (χ4v) is 3.39. The highest BCUT2D eigenvalue weighted by Gasteiger charge is 2.22. The van der Waals surface area contributed by atoms with Crippen molar-refractivity contribution >= 4 is 6.03 Å². The number of urea groups is 1. The van der Waals surface area contributed by atoms with Crippen LogP contribution in [0.1, 0.15) is 23.6 Å². The Kier molecular flexibility index (Phi) is 6.51. The van der Waals surface area contributed by atoms with E-state index in [1.165, 1.54) is 5.56 Å². The lowest BCUT2D eigenvalue weighted by Gasteiger charge is -2.35. The number of aromatic hydroxyl groups is 1. The van der Waals surface area contributed by atoms with Gasteiger partial charge >= 0.3 is 6.03 Å². The molecule has 1 aliphatic rings. The van der Waals surface area contributed by atoms with Gasteiger partial charge < -0.3 is 15.3 Å². The molecule has 6 heteroatoms. The molecule has 2 amide bonds. The molecule has 1 unspecified atom stereocenters. The van der Waals surface area contributed by atoms with Crippen LogP contribution in [0.3, 0.4) is 0 Å². The van der Waals surface area contributed by atoms with Crippen molar-refractivity contribution in [2.75, 3.05) is 26.2 Å². The van der Waals surface area contributed by atoms with Gasteiger partial charge in [-0.15, -0.1) is 0 Å². The second-order valence-corrected chi connectivity index (χ2v) is 7.29. The monoisotopic (exact) mass is 378 g/mol. The number of benzene rings is 2. The summed E-state index contributed by atoms with van der Waals surface area (Å²) in [5.41, 5.74) is 2.93. The molecule has 1 aliphatic heterocycles. The van der Waals surface area contributed by atoms with Crippen molar-refractivity contribution in [3.05, 3.63) is 65.2 Å². The third kappa shape index (κ3) is 5.48. The number of nitriles is 1. The van der Waals surface area contributed by atoms with E-state index in [0.717, 1.165) is 31.6 Å². The molecule has 2 N–H and O–H groups in total. The fourth-order valence-electron chi connectivity index (χ4n) is 3.39. The first kappa shape index (κ1) is 19.7. The van der Waals surface area contributed by atoms with Crippen LogP contribution in [-0.2, 0) is 13.0 Å². The number of rotatable bonds is 5. The minimum Gasteiger partial charge on any atom is -0.508 e. The van der Waals surface area contributed by atoms with E-state index in [9.17, 15) is 9.90 Å². The number of carbonyl (C=O) groups excluding carboxylic acids is 1. The predicted octanol–water partition coefficient (Wildman–Crippen LogP) is 2.72. The zero-order valence-corrected chi connectivity index (χ0v) is 16.1. The van der Waals surface area contributed by atoms with Gasteiger partial charge in [0.2, 0.25) is 0 Å². The van der Waals surface area contributed by atoms with Crippen LogP contribution in [0.2, 0.25) is 0 Å². The van der Waals surface area contributed by atoms with Crippen molar-refractivity contribution in [2.24, 2.45) is 0 Å². The molecule has 0 bridgehead atoms. The molecule has 1 fully saturated rings. The van der Waals surface area contributed by atoms with Crippen LogP contribution < -0.4 is 5.32 Å². The van der Waals surface area contributed by atoms with Gasteiger partial charge in [-0.1, -0.05) is 24.3 Å². The second-order valence-electron chi connectivity index (χ2n) is 7.29. The van der Waals surface area contributed by atoms with Crippen LogP contribution in [-0.4, -0.2) is 53.2 Å². The Hall–Kier alpha value is -3.04. The fraction of sp³-hybridized carbons (Fsp3) is 0.364. The molecule has 146 valence electrons. The van der Waals surface area contributed by atoms with Gasteiger partial charge in [-0.2, -0.15) is 5.26 Å². The maximum atomic E-state index is 12.5. The molecule has 0 spiro atoms. The summed E-state index contributed by atoms with van der Waals surface area (Å²) in [6.07, 6.45) is 0.727. The normalized spacial score (nSPS) is 15.6. The van der Waals surface area contributed by atoms with Crippen LogP contribution in [0.5, 0.6) is 5.75 Å². The zero-order valence-electron chi connectivity index (χ0n) is 16.1. The molecule has 1 atom stereocenters. The maximum Gasteiger partial charge on any atom is 0.317 e. The van der Waals surface area contributed by atoms with Crippen LogP contribution in [0.4, 0.5) is 4.79 Å². The summed E-state index contributed by atoms with van der Waals surface area (Å²) in [5.74, 6) is 0.249. The number of phenolic OH excluding ortho intramolecular Hbond substituents is 1. The van der Waals surface area contributed by atoms with E-state index >= 15 is 0 Å². The third-order valence-corrected chi connectivity index (χ3v) is 5.00. The number of hydrogen-bond donors (Lipinski definition) is 2. The van der Waals surface area contributed by atoms with Crippen molar-refractivity contribution in [1.29, 1.82) is 5.26 Å². The van der Waals surface area contributed by atoms with Crippen LogP contribution >= 0.6 is 0 Å². The van der Waals surface area contributed by atoms with Crippen LogP contribution in [0.25, 0.3) is 0 Å². The largest absolute Gasteiger partial charge is 0.508 e. The molecule has 1 saturated heterocycles. The van der Waals surface area contributed by atoms with Crippen molar-refractivity contribution in [2.45, 2.75) is 25.9 Å². The minimum absolute atomic E-state index is 0.0220. The standard InChI is InChI=1S/C22H26N4O2/c1-17(14-18-6-8-21(27)9-7-18)24-22(28)26-12-10-25(11-13-26)16-20-4-2-19(15-23)3-5-20/h2-9,17,27H,10-14,16H2,1H3,(H,24,28). The Morgan fingerprint density at radius 2 is 1.68 bits per heavy atom. The van der Waals surface area contributed by atoms with Gasteiger partial charge in [0.25, 0.3) is 0 Å². The van der Waals surface area contributed by atoms with E-state index in [-0.39, 0.29) is 17.8 Å². The number of phenols is 1. The summed E-state index contributed by atoms with van der Waals surface area (Å²) in [4.78, 5) is 16.7. The Balaban J connectivity index is 1.42. The topological polar surface area (TPSA) is 79.6 Å². The van der Waals surface area contributed by atoms with Gasteiger partial charge in [0.05, 0.1) is 11.6 Å². The van der Waals surface area contributed by atoms with Crippen molar-refractivity contribution < 1.29 is 9.90 Å². The number of nitrogens with zero attached hydrogens (tertiary/aromatic N) is 3. The van der Waals surface area contributed by atoms with Gasteiger partial charge in [0.15, 0.2) is 0 Å².